The van der Waals surface area contributed by atoms with Crippen molar-refractivity contribution in [2.24, 2.45) is 5.92 Å². The molecule has 1 heterocycles. The molecule has 1 N–H and O–H groups in total. The highest BCUT2D eigenvalue weighted by atomic mass is 16.5. The van der Waals surface area contributed by atoms with Gasteiger partial charge in [-0.15, -0.1) is 0 Å². The summed E-state index contributed by atoms with van der Waals surface area (Å²) in [5, 5.41) is 3.31. The van der Waals surface area contributed by atoms with E-state index in [-0.39, 0.29) is 0 Å². The zero-order valence-corrected chi connectivity index (χ0v) is 13.0. The van der Waals surface area contributed by atoms with Crippen LogP contribution in [0.4, 0.5) is 0 Å². The van der Waals surface area contributed by atoms with Crippen molar-refractivity contribution >= 4 is 0 Å². The van der Waals surface area contributed by atoms with Gasteiger partial charge in [0.2, 0.25) is 0 Å². The first-order valence-electron chi connectivity index (χ1n) is 7.96. The summed E-state index contributed by atoms with van der Waals surface area (Å²) in [6, 6.07) is 8.23. The molecule has 1 saturated heterocycles. The molecule has 0 radical (unpaired) electrons. The molecular formula is C17H27NO3. The van der Waals surface area contributed by atoms with Gasteiger partial charge in [0.15, 0.2) is 0 Å². The second-order valence-electron chi connectivity index (χ2n) is 5.40. The van der Waals surface area contributed by atoms with Gasteiger partial charge in [-0.05, 0) is 43.0 Å². The van der Waals surface area contributed by atoms with Crippen LogP contribution in [0.15, 0.2) is 24.3 Å². The average molecular weight is 293 g/mol. The van der Waals surface area contributed by atoms with Crippen LogP contribution in [0.2, 0.25) is 0 Å². The van der Waals surface area contributed by atoms with Gasteiger partial charge in [-0.2, -0.15) is 0 Å². The van der Waals surface area contributed by atoms with E-state index in [2.05, 4.69) is 24.4 Å². The normalized spacial score (nSPS) is 16.0. The molecule has 0 amide bonds. The molecule has 0 bridgehead atoms. The maximum absolute atomic E-state index is 5.68. The lowest BCUT2D eigenvalue weighted by Gasteiger charge is -2.21. The molecule has 0 unspecified atom stereocenters. The van der Waals surface area contributed by atoms with Crippen molar-refractivity contribution < 1.29 is 14.2 Å². The molecule has 21 heavy (non-hydrogen) atoms. The highest BCUT2D eigenvalue weighted by Gasteiger charge is 2.13. The first-order chi connectivity index (χ1) is 10.4. The summed E-state index contributed by atoms with van der Waals surface area (Å²) in [5.41, 5.74) is 1.28. The number of rotatable bonds is 9. The third-order valence-electron chi connectivity index (χ3n) is 3.69. The largest absolute Gasteiger partial charge is 0.491 e. The lowest BCUT2D eigenvalue weighted by Crippen LogP contribution is -2.21. The van der Waals surface area contributed by atoms with Gasteiger partial charge < -0.3 is 19.5 Å². The molecule has 1 aliphatic rings. The molecule has 118 valence electrons. The standard InChI is InChI=1S/C17H27NO3/c1-2-18-13-15-3-5-17(6-4-15)21-12-11-20-14-16-7-9-19-10-8-16/h3-6,16,18H,2,7-14H2,1H3. The first-order valence-corrected chi connectivity index (χ1v) is 7.96. The summed E-state index contributed by atoms with van der Waals surface area (Å²) < 4.78 is 16.7. The Morgan fingerprint density at radius 3 is 2.62 bits per heavy atom. The van der Waals surface area contributed by atoms with Crippen LogP contribution >= 0.6 is 0 Å². The molecular weight excluding hydrogens is 266 g/mol. The topological polar surface area (TPSA) is 39.7 Å². The molecule has 1 aliphatic heterocycles. The fourth-order valence-corrected chi connectivity index (χ4v) is 2.35. The van der Waals surface area contributed by atoms with E-state index < -0.39 is 0 Å². The predicted octanol–water partition coefficient (Wildman–Crippen LogP) is 2.62. The molecule has 1 aromatic rings. The molecule has 1 fully saturated rings. The van der Waals surface area contributed by atoms with Crippen LogP contribution in [0.3, 0.4) is 0 Å². The van der Waals surface area contributed by atoms with Gasteiger partial charge >= 0.3 is 0 Å². The molecule has 0 aliphatic carbocycles. The van der Waals surface area contributed by atoms with Crippen molar-refractivity contribution in [3.8, 4) is 5.75 Å². The highest BCUT2D eigenvalue weighted by Crippen LogP contribution is 2.15. The Morgan fingerprint density at radius 1 is 1.14 bits per heavy atom. The second kappa shape index (κ2) is 9.77. The summed E-state index contributed by atoms with van der Waals surface area (Å²) in [6.07, 6.45) is 2.24. The summed E-state index contributed by atoms with van der Waals surface area (Å²) >= 11 is 0. The molecule has 1 aromatic carbocycles. The van der Waals surface area contributed by atoms with Gasteiger partial charge in [-0.1, -0.05) is 19.1 Å². The van der Waals surface area contributed by atoms with Gasteiger partial charge in [0.25, 0.3) is 0 Å². The van der Waals surface area contributed by atoms with Gasteiger partial charge in [0.05, 0.1) is 6.61 Å². The minimum absolute atomic E-state index is 0.607. The lowest BCUT2D eigenvalue weighted by atomic mass is 10.0. The Hall–Kier alpha value is -1.10. The summed E-state index contributed by atoms with van der Waals surface area (Å²) in [7, 11) is 0. The lowest BCUT2D eigenvalue weighted by molar-refractivity contribution is 0.0139. The molecule has 0 saturated carbocycles. The minimum Gasteiger partial charge on any atom is -0.491 e. The van der Waals surface area contributed by atoms with Crippen LogP contribution in [0.25, 0.3) is 0 Å². The Labute approximate surface area is 127 Å². The molecule has 4 heteroatoms. The third-order valence-corrected chi connectivity index (χ3v) is 3.69. The fraction of sp³-hybridized carbons (Fsp3) is 0.647. The predicted molar refractivity (Wildman–Crippen MR) is 83.7 cm³/mol. The summed E-state index contributed by atoms with van der Waals surface area (Å²) in [5.74, 6) is 1.56. The molecule has 0 atom stereocenters. The van der Waals surface area contributed by atoms with Crippen molar-refractivity contribution in [3.63, 3.8) is 0 Å². The van der Waals surface area contributed by atoms with Crippen molar-refractivity contribution in [1.82, 2.24) is 5.32 Å². The van der Waals surface area contributed by atoms with Crippen LogP contribution in [0, 0.1) is 5.92 Å². The number of hydrogen-bond donors (Lipinski definition) is 1. The van der Waals surface area contributed by atoms with Crippen LogP contribution in [0.5, 0.6) is 5.75 Å². The smallest absolute Gasteiger partial charge is 0.119 e. The number of hydrogen-bond acceptors (Lipinski definition) is 4. The van der Waals surface area contributed by atoms with E-state index >= 15 is 0 Å². The zero-order valence-electron chi connectivity index (χ0n) is 13.0. The Balaban J connectivity index is 1.55. The quantitative estimate of drug-likeness (QED) is 0.711. The van der Waals surface area contributed by atoms with Gasteiger partial charge in [0.1, 0.15) is 12.4 Å². The Kier molecular flexibility index (Phi) is 7.57. The molecule has 0 aromatic heterocycles. The number of nitrogens with one attached hydrogen (secondary N) is 1. The number of benzene rings is 1. The SMILES string of the molecule is CCNCc1ccc(OCCOCC2CCOCC2)cc1. The minimum atomic E-state index is 0.607. The van der Waals surface area contributed by atoms with E-state index in [0.717, 1.165) is 51.5 Å². The maximum Gasteiger partial charge on any atom is 0.119 e. The van der Waals surface area contributed by atoms with Gasteiger partial charge in [-0.25, -0.2) is 0 Å². The first kappa shape index (κ1) is 16.3. The van der Waals surface area contributed by atoms with Crippen molar-refractivity contribution in [3.05, 3.63) is 29.8 Å². The monoisotopic (exact) mass is 293 g/mol. The van der Waals surface area contributed by atoms with E-state index in [1.165, 1.54) is 5.56 Å². The number of ether oxygens (including phenoxy) is 3. The maximum atomic E-state index is 5.68. The Morgan fingerprint density at radius 2 is 1.90 bits per heavy atom. The average Bonchev–Trinajstić information content (AvgIpc) is 2.55. The van der Waals surface area contributed by atoms with Crippen molar-refractivity contribution in [2.75, 3.05) is 39.6 Å². The Bertz CT molecular complexity index is 374. The molecule has 4 nitrogen and oxygen atoms in total. The van der Waals surface area contributed by atoms with E-state index in [1.54, 1.807) is 0 Å². The van der Waals surface area contributed by atoms with Crippen LogP contribution in [-0.2, 0) is 16.0 Å². The van der Waals surface area contributed by atoms with E-state index in [9.17, 15) is 0 Å². The fourth-order valence-electron chi connectivity index (χ4n) is 2.35. The molecule has 0 spiro atoms. The van der Waals surface area contributed by atoms with Gasteiger partial charge in [-0.3, -0.25) is 0 Å². The van der Waals surface area contributed by atoms with Crippen LogP contribution < -0.4 is 10.1 Å². The molecule has 2 rings (SSSR count). The van der Waals surface area contributed by atoms with E-state index in [4.69, 9.17) is 14.2 Å². The van der Waals surface area contributed by atoms with Crippen molar-refractivity contribution in [1.29, 1.82) is 0 Å². The van der Waals surface area contributed by atoms with E-state index in [1.807, 2.05) is 12.1 Å². The van der Waals surface area contributed by atoms with Crippen molar-refractivity contribution in [2.45, 2.75) is 26.3 Å². The third kappa shape index (κ3) is 6.46. The highest BCUT2D eigenvalue weighted by molar-refractivity contribution is 5.27. The van der Waals surface area contributed by atoms with E-state index in [0.29, 0.717) is 19.1 Å². The van der Waals surface area contributed by atoms with Crippen LogP contribution in [-0.4, -0.2) is 39.6 Å². The second-order valence-corrected chi connectivity index (χ2v) is 5.40. The van der Waals surface area contributed by atoms with Gasteiger partial charge in [0, 0.05) is 26.4 Å². The van der Waals surface area contributed by atoms with Crippen LogP contribution in [0.1, 0.15) is 25.3 Å². The summed E-state index contributed by atoms with van der Waals surface area (Å²) in [6.45, 7) is 7.85. The summed E-state index contributed by atoms with van der Waals surface area (Å²) in [4.78, 5) is 0. The zero-order chi connectivity index (χ0) is 14.8.